The molecule has 0 aromatic heterocycles. The first kappa shape index (κ1) is 18.1. The van der Waals surface area contributed by atoms with E-state index in [1.54, 1.807) is 18.2 Å². The van der Waals surface area contributed by atoms with Crippen LogP contribution >= 0.6 is 23.2 Å². The van der Waals surface area contributed by atoms with Gasteiger partial charge in [-0.15, -0.1) is 0 Å². The van der Waals surface area contributed by atoms with Crippen LogP contribution in [0, 0.1) is 12.8 Å². The van der Waals surface area contributed by atoms with Gasteiger partial charge in [0.15, 0.2) is 0 Å². The standard InChI is InChI=1S/C21H19Cl2N3O2/c1-12-3-5-13(6-4-12)18-17-19(25-10-2-9-24(18)25)21(28)26(20(17)27)16-8-7-14(22)11-15(16)23/h3-8,11,17-19H,2,9-10H2,1H3/t17-,18+,19-/m1/s1. The number of halogens is 2. The van der Waals surface area contributed by atoms with Gasteiger partial charge in [0.05, 0.1) is 22.7 Å². The Bertz CT molecular complexity index is 978. The van der Waals surface area contributed by atoms with Gasteiger partial charge in [-0.25, -0.2) is 14.9 Å². The fraction of sp³-hybridized carbons (Fsp3) is 0.333. The van der Waals surface area contributed by atoms with Gasteiger partial charge in [0.25, 0.3) is 5.91 Å². The molecule has 3 saturated heterocycles. The van der Waals surface area contributed by atoms with Gasteiger partial charge in [0, 0.05) is 18.1 Å². The van der Waals surface area contributed by atoms with Crippen LogP contribution in [-0.4, -0.2) is 41.0 Å². The molecule has 2 aromatic carbocycles. The Morgan fingerprint density at radius 1 is 0.893 bits per heavy atom. The summed E-state index contributed by atoms with van der Waals surface area (Å²) in [6.45, 7) is 3.68. The van der Waals surface area contributed by atoms with Crippen molar-refractivity contribution < 1.29 is 9.59 Å². The zero-order valence-corrected chi connectivity index (χ0v) is 16.8. The molecule has 0 radical (unpaired) electrons. The first-order valence-electron chi connectivity index (χ1n) is 9.40. The molecule has 3 fully saturated rings. The third-order valence-electron chi connectivity index (χ3n) is 5.98. The average molecular weight is 416 g/mol. The number of carbonyl (C=O) groups is 2. The monoisotopic (exact) mass is 415 g/mol. The first-order chi connectivity index (χ1) is 13.5. The number of rotatable bonds is 2. The van der Waals surface area contributed by atoms with E-state index < -0.39 is 12.0 Å². The van der Waals surface area contributed by atoms with Crippen molar-refractivity contribution in [3.8, 4) is 0 Å². The number of amides is 2. The SMILES string of the molecule is Cc1ccc([C@H]2[C@H]3C(=O)N(c4ccc(Cl)cc4Cl)C(=O)[C@@H]3N3CCCN23)cc1. The molecular formula is C21H19Cl2N3O2. The molecule has 3 heterocycles. The van der Waals surface area contributed by atoms with E-state index in [0.717, 1.165) is 25.1 Å². The number of benzene rings is 2. The van der Waals surface area contributed by atoms with Crippen molar-refractivity contribution in [2.45, 2.75) is 25.4 Å². The highest BCUT2D eigenvalue weighted by Gasteiger charge is 2.63. The van der Waals surface area contributed by atoms with E-state index in [-0.39, 0.29) is 17.9 Å². The topological polar surface area (TPSA) is 43.9 Å². The third-order valence-corrected chi connectivity index (χ3v) is 6.51. The van der Waals surface area contributed by atoms with E-state index in [1.807, 2.05) is 6.92 Å². The van der Waals surface area contributed by atoms with Crippen molar-refractivity contribution >= 4 is 40.7 Å². The van der Waals surface area contributed by atoms with E-state index in [0.29, 0.717) is 15.7 Å². The third kappa shape index (κ3) is 2.54. The van der Waals surface area contributed by atoms with Crippen LogP contribution in [0.3, 0.4) is 0 Å². The lowest BCUT2D eigenvalue weighted by Gasteiger charge is -2.30. The molecule has 7 heteroatoms. The fourth-order valence-corrected chi connectivity index (χ4v) is 5.27. The van der Waals surface area contributed by atoms with Crippen LogP contribution in [0.15, 0.2) is 42.5 Å². The highest BCUT2D eigenvalue weighted by molar-refractivity contribution is 6.38. The van der Waals surface area contributed by atoms with Crippen molar-refractivity contribution in [1.82, 2.24) is 10.0 Å². The summed E-state index contributed by atoms with van der Waals surface area (Å²) in [6, 6.07) is 12.5. The van der Waals surface area contributed by atoms with Crippen LogP contribution in [0.4, 0.5) is 5.69 Å². The number of fused-ring (bicyclic) bond motifs is 3. The molecule has 0 spiro atoms. The molecule has 2 amide bonds. The maximum atomic E-state index is 13.5. The van der Waals surface area contributed by atoms with Crippen molar-refractivity contribution in [3.63, 3.8) is 0 Å². The minimum absolute atomic E-state index is 0.138. The normalized spacial score (nSPS) is 27.5. The van der Waals surface area contributed by atoms with E-state index in [2.05, 4.69) is 34.3 Å². The molecule has 0 saturated carbocycles. The van der Waals surface area contributed by atoms with Gasteiger partial charge in [0.2, 0.25) is 5.91 Å². The predicted octanol–water partition coefficient (Wildman–Crippen LogP) is 3.84. The lowest BCUT2D eigenvalue weighted by atomic mass is 9.89. The summed E-state index contributed by atoms with van der Waals surface area (Å²) in [4.78, 5) is 28.1. The van der Waals surface area contributed by atoms with Crippen LogP contribution in [0.2, 0.25) is 10.0 Å². The highest BCUT2D eigenvalue weighted by atomic mass is 35.5. The zero-order valence-electron chi connectivity index (χ0n) is 15.3. The predicted molar refractivity (Wildman–Crippen MR) is 108 cm³/mol. The van der Waals surface area contributed by atoms with Gasteiger partial charge >= 0.3 is 0 Å². The van der Waals surface area contributed by atoms with Crippen LogP contribution in [0.5, 0.6) is 0 Å². The van der Waals surface area contributed by atoms with E-state index in [1.165, 1.54) is 10.5 Å². The maximum Gasteiger partial charge on any atom is 0.253 e. The van der Waals surface area contributed by atoms with E-state index in [9.17, 15) is 9.59 Å². The van der Waals surface area contributed by atoms with E-state index in [4.69, 9.17) is 23.2 Å². The Morgan fingerprint density at radius 2 is 1.57 bits per heavy atom. The van der Waals surface area contributed by atoms with Crippen LogP contribution < -0.4 is 4.90 Å². The van der Waals surface area contributed by atoms with Crippen LogP contribution in [-0.2, 0) is 9.59 Å². The summed E-state index contributed by atoms with van der Waals surface area (Å²) in [6.07, 6.45) is 0.981. The Hall–Kier alpha value is -1.92. The summed E-state index contributed by atoms with van der Waals surface area (Å²) >= 11 is 12.3. The Balaban J connectivity index is 1.59. The second kappa shape index (κ2) is 6.56. The number of anilines is 1. The van der Waals surface area contributed by atoms with Gasteiger partial charge in [-0.1, -0.05) is 53.0 Å². The summed E-state index contributed by atoms with van der Waals surface area (Å²) in [5, 5.41) is 5.06. The molecule has 5 rings (SSSR count). The van der Waals surface area contributed by atoms with Crippen LogP contribution in [0.1, 0.15) is 23.6 Å². The Labute approximate surface area is 173 Å². The minimum Gasteiger partial charge on any atom is -0.274 e. The first-order valence-corrected chi connectivity index (χ1v) is 10.2. The second-order valence-electron chi connectivity index (χ2n) is 7.61. The van der Waals surface area contributed by atoms with Gasteiger partial charge in [-0.05, 0) is 37.1 Å². The quantitative estimate of drug-likeness (QED) is 0.698. The fourth-order valence-electron chi connectivity index (χ4n) is 4.78. The smallest absolute Gasteiger partial charge is 0.253 e. The molecular weight excluding hydrogens is 397 g/mol. The summed E-state index contributed by atoms with van der Waals surface area (Å²) in [5.74, 6) is -0.845. The number of aryl methyl sites for hydroxylation is 1. The highest BCUT2D eigenvalue weighted by Crippen LogP contribution is 2.49. The molecule has 3 aliphatic heterocycles. The summed E-state index contributed by atoms with van der Waals surface area (Å²) in [5.41, 5.74) is 2.64. The lowest BCUT2D eigenvalue weighted by Crippen LogP contribution is -2.44. The Kier molecular flexibility index (Phi) is 4.25. The number of imide groups is 1. The van der Waals surface area contributed by atoms with Crippen molar-refractivity contribution in [3.05, 3.63) is 63.6 Å². The number of hydrogen-bond acceptors (Lipinski definition) is 4. The van der Waals surface area contributed by atoms with Crippen LogP contribution in [0.25, 0.3) is 0 Å². The molecule has 28 heavy (non-hydrogen) atoms. The molecule has 0 N–H and O–H groups in total. The lowest BCUT2D eigenvalue weighted by molar-refractivity contribution is -0.126. The molecule has 144 valence electrons. The second-order valence-corrected chi connectivity index (χ2v) is 8.46. The molecule has 2 aromatic rings. The largest absolute Gasteiger partial charge is 0.274 e. The molecule has 5 nitrogen and oxygen atoms in total. The number of carbonyl (C=O) groups excluding carboxylic acids is 2. The average Bonchev–Trinajstić information content (AvgIpc) is 3.30. The summed E-state index contributed by atoms with van der Waals surface area (Å²) < 4.78 is 0. The van der Waals surface area contributed by atoms with Gasteiger partial charge in [-0.2, -0.15) is 0 Å². The van der Waals surface area contributed by atoms with Gasteiger partial charge < -0.3 is 0 Å². The molecule has 0 bridgehead atoms. The maximum absolute atomic E-state index is 13.5. The molecule has 0 unspecified atom stereocenters. The van der Waals surface area contributed by atoms with Gasteiger partial charge in [0.1, 0.15) is 6.04 Å². The molecule has 0 aliphatic carbocycles. The number of nitrogens with zero attached hydrogens (tertiary/aromatic N) is 3. The van der Waals surface area contributed by atoms with Crippen molar-refractivity contribution in [2.75, 3.05) is 18.0 Å². The van der Waals surface area contributed by atoms with Crippen molar-refractivity contribution in [2.24, 2.45) is 5.92 Å². The summed E-state index contributed by atoms with van der Waals surface area (Å²) in [7, 11) is 0. The number of hydrogen-bond donors (Lipinski definition) is 0. The molecule has 3 atom stereocenters. The minimum atomic E-state index is -0.479. The van der Waals surface area contributed by atoms with E-state index >= 15 is 0 Å². The van der Waals surface area contributed by atoms with Crippen molar-refractivity contribution in [1.29, 1.82) is 0 Å². The Morgan fingerprint density at radius 3 is 2.25 bits per heavy atom. The zero-order chi connectivity index (χ0) is 19.6. The van der Waals surface area contributed by atoms with Gasteiger partial charge in [-0.3, -0.25) is 9.59 Å². The number of hydrazine groups is 1. The molecule has 3 aliphatic rings.